The van der Waals surface area contributed by atoms with Crippen LogP contribution in [0.5, 0.6) is 5.75 Å². The van der Waals surface area contributed by atoms with E-state index in [1.165, 1.54) is 6.42 Å². The minimum absolute atomic E-state index is 0.198. The summed E-state index contributed by atoms with van der Waals surface area (Å²) < 4.78 is 6.11. The molecular weight excluding hydrogens is 457 g/mol. The van der Waals surface area contributed by atoms with E-state index >= 15 is 0 Å². The summed E-state index contributed by atoms with van der Waals surface area (Å²) in [6, 6.07) is 7.59. The Bertz CT molecular complexity index is 765. The minimum atomic E-state index is 0.198. The lowest BCUT2D eigenvalue weighted by atomic mass is 9.85. The molecule has 1 aliphatic carbocycles. The number of hydrogen-bond acceptors (Lipinski definition) is 6. The number of hydrogen-bond donors (Lipinski definition) is 3. The Morgan fingerprint density at radius 2 is 2.04 bits per heavy atom. The molecule has 0 radical (unpaired) electrons. The number of ether oxygens (including phenoxy) is 1. The maximum Gasteiger partial charge on any atom is 0.229 e. The number of rotatable bonds is 9. The first kappa shape index (κ1) is 19.7. The molecule has 0 bridgehead atoms. The molecule has 7 nitrogen and oxygen atoms in total. The SMILES string of the molecule is COc1ccc(Nc2ncc(I)c(NCCCNC(=O)C3CCC3)n2)cc1. The molecule has 27 heavy (non-hydrogen) atoms. The number of benzene rings is 1. The minimum Gasteiger partial charge on any atom is -0.497 e. The molecule has 1 aromatic heterocycles. The van der Waals surface area contributed by atoms with Crippen LogP contribution in [0.2, 0.25) is 0 Å². The molecule has 0 aliphatic heterocycles. The first-order chi connectivity index (χ1) is 13.2. The highest BCUT2D eigenvalue weighted by atomic mass is 127. The van der Waals surface area contributed by atoms with E-state index in [0.717, 1.165) is 46.6 Å². The van der Waals surface area contributed by atoms with Gasteiger partial charge in [-0.2, -0.15) is 4.98 Å². The Morgan fingerprint density at radius 1 is 1.26 bits per heavy atom. The molecule has 0 spiro atoms. The average Bonchev–Trinajstić information content (AvgIpc) is 2.63. The van der Waals surface area contributed by atoms with Crippen molar-refractivity contribution in [2.24, 2.45) is 5.92 Å². The van der Waals surface area contributed by atoms with Crippen molar-refractivity contribution in [2.75, 3.05) is 30.8 Å². The van der Waals surface area contributed by atoms with Gasteiger partial charge in [0.25, 0.3) is 0 Å². The summed E-state index contributed by atoms with van der Waals surface area (Å²) >= 11 is 2.21. The zero-order valence-electron chi connectivity index (χ0n) is 15.3. The first-order valence-electron chi connectivity index (χ1n) is 9.11. The van der Waals surface area contributed by atoms with Gasteiger partial charge in [0.2, 0.25) is 11.9 Å². The predicted molar refractivity (Wildman–Crippen MR) is 114 cm³/mol. The van der Waals surface area contributed by atoms with Gasteiger partial charge < -0.3 is 20.7 Å². The van der Waals surface area contributed by atoms with Crippen LogP contribution in [0.25, 0.3) is 0 Å². The molecule has 3 rings (SSSR count). The van der Waals surface area contributed by atoms with Crippen molar-refractivity contribution in [3.8, 4) is 5.75 Å². The predicted octanol–water partition coefficient (Wildman–Crippen LogP) is 3.55. The van der Waals surface area contributed by atoms with Gasteiger partial charge in [-0.05, 0) is 66.1 Å². The van der Waals surface area contributed by atoms with Gasteiger partial charge in [-0.3, -0.25) is 4.79 Å². The topological polar surface area (TPSA) is 88.2 Å². The third-order valence-electron chi connectivity index (χ3n) is 4.51. The largest absolute Gasteiger partial charge is 0.497 e. The Labute approximate surface area is 172 Å². The van der Waals surface area contributed by atoms with Crippen molar-refractivity contribution in [1.82, 2.24) is 15.3 Å². The number of nitrogens with one attached hydrogen (secondary N) is 3. The summed E-state index contributed by atoms with van der Waals surface area (Å²) in [6.07, 6.45) is 5.87. The quantitative estimate of drug-likeness (QED) is 0.375. The highest BCUT2D eigenvalue weighted by Crippen LogP contribution is 2.26. The van der Waals surface area contributed by atoms with Gasteiger partial charge in [-0.1, -0.05) is 6.42 Å². The molecule has 1 saturated carbocycles. The number of methoxy groups -OCH3 is 1. The van der Waals surface area contributed by atoms with Crippen molar-refractivity contribution in [3.05, 3.63) is 34.0 Å². The van der Waals surface area contributed by atoms with Crippen LogP contribution in [-0.4, -0.2) is 36.1 Å². The third kappa shape index (κ3) is 5.69. The number of amides is 1. The lowest BCUT2D eigenvalue weighted by Crippen LogP contribution is -2.35. The lowest BCUT2D eigenvalue weighted by molar-refractivity contribution is -0.127. The molecule has 2 aromatic rings. The van der Waals surface area contributed by atoms with Crippen LogP contribution in [0.15, 0.2) is 30.5 Å². The second kappa shape index (κ2) is 9.72. The van der Waals surface area contributed by atoms with E-state index in [1.807, 2.05) is 24.3 Å². The molecule has 0 unspecified atom stereocenters. The molecule has 3 N–H and O–H groups in total. The second-order valence-corrected chi connectivity index (χ2v) is 7.61. The zero-order chi connectivity index (χ0) is 19.1. The maximum atomic E-state index is 11.8. The van der Waals surface area contributed by atoms with E-state index in [-0.39, 0.29) is 11.8 Å². The van der Waals surface area contributed by atoms with Crippen LogP contribution in [0.4, 0.5) is 17.5 Å². The number of halogens is 1. The number of nitrogens with zero attached hydrogens (tertiary/aromatic N) is 2. The fourth-order valence-corrected chi connectivity index (χ4v) is 3.13. The molecule has 0 saturated heterocycles. The molecule has 144 valence electrons. The molecular formula is C19H24IN5O2. The Morgan fingerprint density at radius 3 is 2.70 bits per heavy atom. The smallest absolute Gasteiger partial charge is 0.229 e. The summed E-state index contributed by atoms with van der Waals surface area (Å²) in [5.41, 5.74) is 0.890. The summed E-state index contributed by atoms with van der Waals surface area (Å²) in [6.45, 7) is 1.42. The monoisotopic (exact) mass is 481 g/mol. The Hall–Kier alpha value is -2.10. The molecule has 8 heteroatoms. The fourth-order valence-electron chi connectivity index (χ4n) is 2.68. The second-order valence-electron chi connectivity index (χ2n) is 6.44. The normalized spacial score (nSPS) is 13.6. The number of carbonyl (C=O) groups is 1. The van der Waals surface area contributed by atoms with E-state index in [1.54, 1.807) is 13.3 Å². The summed E-state index contributed by atoms with van der Waals surface area (Å²) in [5.74, 6) is 2.56. The number of anilines is 3. The van der Waals surface area contributed by atoms with Crippen LogP contribution in [0.1, 0.15) is 25.7 Å². The van der Waals surface area contributed by atoms with Crippen LogP contribution in [0.3, 0.4) is 0 Å². The maximum absolute atomic E-state index is 11.8. The molecule has 1 aromatic carbocycles. The number of aromatic nitrogens is 2. The van der Waals surface area contributed by atoms with Crippen molar-refractivity contribution < 1.29 is 9.53 Å². The molecule has 1 fully saturated rings. The van der Waals surface area contributed by atoms with Crippen LogP contribution >= 0.6 is 22.6 Å². The van der Waals surface area contributed by atoms with Gasteiger partial charge in [0.15, 0.2) is 0 Å². The van der Waals surface area contributed by atoms with Gasteiger partial charge >= 0.3 is 0 Å². The Balaban J connectivity index is 1.46. The Kier molecular flexibility index (Phi) is 7.08. The van der Waals surface area contributed by atoms with Gasteiger partial charge in [0, 0.05) is 30.9 Å². The van der Waals surface area contributed by atoms with Crippen molar-refractivity contribution in [1.29, 1.82) is 0 Å². The van der Waals surface area contributed by atoms with Crippen LogP contribution < -0.4 is 20.7 Å². The first-order valence-corrected chi connectivity index (χ1v) is 10.2. The van der Waals surface area contributed by atoms with E-state index < -0.39 is 0 Å². The van der Waals surface area contributed by atoms with Crippen molar-refractivity contribution >= 4 is 46.0 Å². The van der Waals surface area contributed by atoms with Crippen molar-refractivity contribution in [3.63, 3.8) is 0 Å². The van der Waals surface area contributed by atoms with Crippen molar-refractivity contribution in [2.45, 2.75) is 25.7 Å². The third-order valence-corrected chi connectivity index (χ3v) is 5.30. The summed E-state index contributed by atoms with van der Waals surface area (Å²) in [5, 5.41) is 9.51. The highest BCUT2D eigenvalue weighted by Gasteiger charge is 2.24. The lowest BCUT2D eigenvalue weighted by Gasteiger charge is -2.24. The molecule has 0 atom stereocenters. The summed E-state index contributed by atoms with van der Waals surface area (Å²) in [4.78, 5) is 20.7. The van der Waals surface area contributed by atoms with E-state index in [4.69, 9.17) is 4.74 Å². The highest BCUT2D eigenvalue weighted by molar-refractivity contribution is 14.1. The van der Waals surface area contributed by atoms with Gasteiger partial charge in [0.1, 0.15) is 11.6 Å². The number of carbonyl (C=O) groups excluding carboxylic acids is 1. The van der Waals surface area contributed by atoms with Crippen LogP contribution in [0, 0.1) is 9.49 Å². The van der Waals surface area contributed by atoms with Gasteiger partial charge in [-0.25, -0.2) is 4.98 Å². The average molecular weight is 481 g/mol. The van der Waals surface area contributed by atoms with Gasteiger partial charge in [-0.15, -0.1) is 0 Å². The zero-order valence-corrected chi connectivity index (χ0v) is 17.5. The fraction of sp³-hybridized carbons (Fsp3) is 0.421. The van der Waals surface area contributed by atoms with E-state index in [0.29, 0.717) is 12.5 Å². The summed E-state index contributed by atoms with van der Waals surface area (Å²) in [7, 11) is 1.64. The van der Waals surface area contributed by atoms with Crippen LogP contribution in [-0.2, 0) is 4.79 Å². The molecule has 1 heterocycles. The van der Waals surface area contributed by atoms with E-state index in [9.17, 15) is 4.79 Å². The van der Waals surface area contributed by atoms with Gasteiger partial charge in [0.05, 0.1) is 10.7 Å². The molecule has 1 aliphatic rings. The van der Waals surface area contributed by atoms with E-state index in [2.05, 4.69) is 48.5 Å². The standard InChI is InChI=1S/C19H24IN5O2/c1-27-15-8-6-14(7-9-15)24-19-23-12-16(20)17(25-19)21-10-3-11-22-18(26)13-4-2-5-13/h6-9,12-13H,2-5,10-11H2,1H3,(H,22,26)(H2,21,23,24,25). The molecule has 1 amide bonds.